The van der Waals surface area contributed by atoms with E-state index >= 15 is 0 Å². The molecule has 2 rings (SSSR count). The van der Waals surface area contributed by atoms with Crippen LogP contribution < -0.4 is 5.32 Å². The summed E-state index contributed by atoms with van der Waals surface area (Å²) in [4.78, 5) is 24.8. The molecule has 0 radical (unpaired) electrons. The summed E-state index contributed by atoms with van der Waals surface area (Å²) in [5.74, 6) is -0.826. The average Bonchev–Trinajstić information content (AvgIpc) is 3.17. The molecule has 1 aliphatic carbocycles. The zero-order valence-corrected chi connectivity index (χ0v) is 12.2. The van der Waals surface area contributed by atoms with Crippen LogP contribution in [-0.2, 0) is 4.79 Å². The van der Waals surface area contributed by atoms with Gasteiger partial charge in [0.1, 0.15) is 0 Å². The third-order valence-electron chi connectivity index (χ3n) is 4.10. The molecule has 2 N–H and O–H groups in total. The van der Waals surface area contributed by atoms with Crippen molar-refractivity contribution in [2.24, 2.45) is 0 Å². The van der Waals surface area contributed by atoms with E-state index in [-0.39, 0.29) is 23.2 Å². The summed E-state index contributed by atoms with van der Waals surface area (Å²) in [6.45, 7) is 1.37. The van der Waals surface area contributed by atoms with Gasteiger partial charge in [-0.05, 0) is 38.4 Å². The number of carbonyl (C=O) groups excluding carboxylic acids is 1. The first-order valence-electron chi connectivity index (χ1n) is 6.88. The van der Waals surface area contributed by atoms with Gasteiger partial charge in [0, 0.05) is 23.9 Å². The Labute approximate surface area is 118 Å². The number of aliphatic carboxylic acids is 1. The maximum Gasteiger partial charge on any atom is 0.317 e. The molecular formula is C13H22N2O3S. The average molecular weight is 286 g/mol. The first-order valence-corrected chi connectivity index (χ1v) is 8.10. The molecule has 108 valence electrons. The summed E-state index contributed by atoms with van der Waals surface area (Å²) in [7, 11) is 0. The summed E-state index contributed by atoms with van der Waals surface area (Å²) in [5.41, 5.74) is 0. The maximum atomic E-state index is 12.2. The number of carboxylic acid groups (broad SMARTS) is 1. The van der Waals surface area contributed by atoms with Crippen LogP contribution in [0.3, 0.4) is 0 Å². The van der Waals surface area contributed by atoms with Crippen LogP contribution in [0.25, 0.3) is 0 Å². The van der Waals surface area contributed by atoms with Gasteiger partial charge in [0.25, 0.3) is 0 Å². The minimum atomic E-state index is -0.826. The Morgan fingerprint density at radius 3 is 2.74 bits per heavy atom. The number of nitrogens with zero attached hydrogens (tertiary/aromatic N) is 1. The number of nitrogens with one attached hydrogen (secondary N) is 1. The molecule has 19 heavy (non-hydrogen) atoms. The lowest BCUT2D eigenvalue weighted by atomic mass is 10.00. The molecule has 0 bridgehead atoms. The fraction of sp³-hybridized carbons (Fsp3) is 0.846. The van der Waals surface area contributed by atoms with E-state index in [4.69, 9.17) is 5.11 Å². The molecule has 2 aliphatic rings. The van der Waals surface area contributed by atoms with Gasteiger partial charge in [-0.25, -0.2) is 4.79 Å². The molecule has 0 aromatic rings. The molecule has 5 nitrogen and oxygen atoms in total. The number of likely N-dealkylation sites (tertiary alicyclic amines) is 1. The van der Waals surface area contributed by atoms with Crippen molar-refractivity contribution in [1.82, 2.24) is 10.2 Å². The number of thioether (sulfide) groups is 1. The predicted octanol–water partition coefficient (Wildman–Crippen LogP) is 1.92. The molecule has 0 spiro atoms. The van der Waals surface area contributed by atoms with Crippen LogP contribution in [0.15, 0.2) is 0 Å². The van der Waals surface area contributed by atoms with E-state index in [0.717, 1.165) is 32.1 Å². The lowest BCUT2D eigenvalue weighted by molar-refractivity contribution is -0.138. The molecule has 1 atom stereocenters. The Balaban J connectivity index is 1.86. The quantitative estimate of drug-likeness (QED) is 0.810. The number of rotatable bonds is 5. The number of amides is 2. The largest absolute Gasteiger partial charge is 0.481 e. The van der Waals surface area contributed by atoms with E-state index in [1.54, 1.807) is 4.90 Å². The Kier molecular flexibility index (Phi) is 4.60. The van der Waals surface area contributed by atoms with Crippen molar-refractivity contribution >= 4 is 23.8 Å². The van der Waals surface area contributed by atoms with Gasteiger partial charge in [0.2, 0.25) is 0 Å². The molecular weight excluding hydrogens is 264 g/mol. The lowest BCUT2D eigenvalue weighted by Gasteiger charge is -2.35. The predicted molar refractivity (Wildman–Crippen MR) is 75.5 cm³/mol. The minimum Gasteiger partial charge on any atom is -0.481 e. The normalized spacial score (nSPS) is 24.9. The summed E-state index contributed by atoms with van der Waals surface area (Å²) >= 11 is 1.81. The Morgan fingerprint density at radius 2 is 2.16 bits per heavy atom. The Morgan fingerprint density at radius 1 is 1.42 bits per heavy atom. The monoisotopic (exact) mass is 286 g/mol. The minimum absolute atomic E-state index is 0.0566. The van der Waals surface area contributed by atoms with Gasteiger partial charge >= 0.3 is 12.0 Å². The van der Waals surface area contributed by atoms with Crippen LogP contribution in [0.2, 0.25) is 0 Å². The third kappa shape index (κ3) is 3.78. The number of carboxylic acids is 1. The third-order valence-corrected chi connectivity index (χ3v) is 5.52. The molecule has 1 aliphatic heterocycles. The van der Waals surface area contributed by atoms with Gasteiger partial charge in [-0.15, -0.1) is 0 Å². The molecule has 1 heterocycles. The van der Waals surface area contributed by atoms with Gasteiger partial charge in [-0.2, -0.15) is 11.8 Å². The fourth-order valence-corrected chi connectivity index (χ4v) is 3.34. The zero-order chi connectivity index (χ0) is 13.9. The summed E-state index contributed by atoms with van der Waals surface area (Å²) in [6.07, 6.45) is 7.23. The second-order valence-corrected chi connectivity index (χ2v) is 6.76. The van der Waals surface area contributed by atoms with Crippen molar-refractivity contribution < 1.29 is 14.7 Å². The molecule has 0 aromatic carbocycles. The van der Waals surface area contributed by atoms with Gasteiger partial charge in [-0.3, -0.25) is 4.79 Å². The molecule has 1 saturated heterocycles. The first-order chi connectivity index (χ1) is 9.06. The van der Waals surface area contributed by atoms with Crippen LogP contribution in [0, 0.1) is 0 Å². The number of piperidine rings is 1. The molecule has 6 heteroatoms. The van der Waals surface area contributed by atoms with Gasteiger partial charge in [0.15, 0.2) is 0 Å². The van der Waals surface area contributed by atoms with Crippen molar-refractivity contribution in [3.05, 3.63) is 0 Å². The van der Waals surface area contributed by atoms with Gasteiger partial charge in [-0.1, -0.05) is 0 Å². The summed E-state index contributed by atoms with van der Waals surface area (Å²) in [5, 5.41) is 11.9. The van der Waals surface area contributed by atoms with Crippen molar-refractivity contribution in [2.45, 2.75) is 49.3 Å². The smallest absolute Gasteiger partial charge is 0.317 e. The number of hydrogen-bond acceptors (Lipinski definition) is 3. The van der Waals surface area contributed by atoms with Gasteiger partial charge < -0.3 is 15.3 Å². The molecule has 0 aromatic heterocycles. The second-order valence-electron chi connectivity index (χ2n) is 5.49. The van der Waals surface area contributed by atoms with E-state index in [2.05, 4.69) is 11.6 Å². The van der Waals surface area contributed by atoms with Crippen LogP contribution >= 0.6 is 11.8 Å². The second kappa shape index (κ2) is 6.03. The van der Waals surface area contributed by atoms with Crippen molar-refractivity contribution in [2.75, 3.05) is 19.3 Å². The number of hydrogen-bond donors (Lipinski definition) is 2. The van der Waals surface area contributed by atoms with Crippen LogP contribution in [0.5, 0.6) is 0 Å². The van der Waals surface area contributed by atoms with Gasteiger partial charge in [0.05, 0.1) is 6.42 Å². The standard InChI is InChI=1S/C13H22N2O3S/c1-19-13(5-6-13)9-14-12(18)15-7-3-2-4-10(15)8-11(16)17/h10H,2-9H2,1H3,(H,14,18)(H,16,17). The highest BCUT2D eigenvalue weighted by molar-refractivity contribution is 8.00. The Bertz CT molecular complexity index is 358. The molecule has 2 fully saturated rings. The highest BCUT2D eigenvalue weighted by Crippen LogP contribution is 2.46. The SMILES string of the molecule is CSC1(CNC(=O)N2CCCCC2CC(=O)O)CC1. The lowest BCUT2D eigenvalue weighted by Crippen LogP contribution is -2.50. The van der Waals surface area contributed by atoms with E-state index < -0.39 is 5.97 Å². The first kappa shape index (κ1) is 14.5. The molecule has 2 amide bonds. The zero-order valence-electron chi connectivity index (χ0n) is 11.4. The Hall–Kier alpha value is -0.910. The molecule has 1 saturated carbocycles. The fourth-order valence-electron chi connectivity index (χ4n) is 2.61. The maximum absolute atomic E-state index is 12.2. The van der Waals surface area contributed by atoms with E-state index in [1.165, 1.54) is 0 Å². The van der Waals surface area contributed by atoms with Crippen LogP contribution in [-0.4, -0.2) is 52.1 Å². The van der Waals surface area contributed by atoms with Crippen molar-refractivity contribution in [3.63, 3.8) is 0 Å². The summed E-state index contributed by atoms with van der Waals surface area (Å²) in [6, 6.07) is -0.234. The van der Waals surface area contributed by atoms with E-state index in [0.29, 0.717) is 13.1 Å². The van der Waals surface area contributed by atoms with Crippen LogP contribution in [0.1, 0.15) is 38.5 Å². The summed E-state index contributed by atoms with van der Waals surface area (Å²) < 4.78 is 0.244. The highest BCUT2D eigenvalue weighted by Gasteiger charge is 2.42. The van der Waals surface area contributed by atoms with Crippen molar-refractivity contribution in [1.29, 1.82) is 0 Å². The molecule has 1 unspecified atom stereocenters. The van der Waals surface area contributed by atoms with Crippen LogP contribution in [0.4, 0.5) is 4.79 Å². The number of carbonyl (C=O) groups is 2. The van der Waals surface area contributed by atoms with E-state index in [9.17, 15) is 9.59 Å². The number of urea groups is 1. The topological polar surface area (TPSA) is 69.6 Å². The van der Waals surface area contributed by atoms with Crippen molar-refractivity contribution in [3.8, 4) is 0 Å². The van der Waals surface area contributed by atoms with E-state index in [1.807, 2.05) is 11.8 Å². The highest BCUT2D eigenvalue weighted by atomic mass is 32.2.